The van der Waals surface area contributed by atoms with Gasteiger partial charge in [0.2, 0.25) is 11.8 Å². The van der Waals surface area contributed by atoms with Crippen LogP contribution in [0.25, 0.3) is 11.0 Å². The zero-order chi connectivity index (χ0) is 24.1. The van der Waals surface area contributed by atoms with Crippen LogP contribution in [0.2, 0.25) is 0 Å². The van der Waals surface area contributed by atoms with E-state index in [0.717, 1.165) is 22.2 Å². The summed E-state index contributed by atoms with van der Waals surface area (Å²) in [6, 6.07) is 7.16. The van der Waals surface area contributed by atoms with Crippen molar-refractivity contribution in [1.82, 2.24) is 19.4 Å². The maximum Gasteiger partial charge on any atom is 0.245 e. The van der Waals surface area contributed by atoms with Crippen molar-refractivity contribution in [3.05, 3.63) is 54.3 Å². The molecule has 0 radical (unpaired) electrons. The van der Waals surface area contributed by atoms with Gasteiger partial charge >= 0.3 is 0 Å². The molecule has 3 aromatic rings. The Bertz CT molecular complexity index is 1070. The Morgan fingerprint density at radius 1 is 1.09 bits per heavy atom. The van der Waals surface area contributed by atoms with Gasteiger partial charge in [-0.1, -0.05) is 33.8 Å². The molecule has 0 bridgehead atoms. The fourth-order valence-electron chi connectivity index (χ4n) is 4.21. The highest BCUT2D eigenvalue weighted by Crippen LogP contribution is 2.21. The zero-order valence-electron chi connectivity index (χ0n) is 20.6. The van der Waals surface area contributed by atoms with Crippen molar-refractivity contribution < 1.29 is 14.0 Å². The molecule has 178 valence electrons. The molecule has 33 heavy (non-hydrogen) atoms. The monoisotopic (exact) mass is 452 g/mol. The number of hydrogen-bond donors (Lipinski definition) is 0. The summed E-state index contributed by atoms with van der Waals surface area (Å²) in [5.41, 5.74) is 2.68. The summed E-state index contributed by atoms with van der Waals surface area (Å²) in [6.45, 7) is 11.6. The zero-order valence-corrected chi connectivity index (χ0v) is 20.6. The van der Waals surface area contributed by atoms with Crippen molar-refractivity contribution in [2.75, 3.05) is 13.1 Å². The molecule has 1 aromatic carbocycles. The number of fused-ring (bicyclic) bond motifs is 1. The van der Waals surface area contributed by atoms with Gasteiger partial charge in [0.25, 0.3) is 0 Å². The van der Waals surface area contributed by atoms with Gasteiger partial charge in [0.1, 0.15) is 11.6 Å². The van der Waals surface area contributed by atoms with Crippen LogP contribution in [-0.4, -0.2) is 50.3 Å². The number of aromatic nitrogens is 2. The van der Waals surface area contributed by atoms with Crippen LogP contribution in [-0.2, 0) is 29.6 Å². The lowest BCUT2D eigenvalue weighted by molar-refractivity contribution is -0.146. The second-order valence-electron chi connectivity index (χ2n) is 9.69. The van der Waals surface area contributed by atoms with Gasteiger partial charge in [0.05, 0.1) is 12.6 Å². The van der Waals surface area contributed by atoms with E-state index in [4.69, 9.17) is 4.42 Å². The third-order valence-electron chi connectivity index (χ3n) is 5.74. The van der Waals surface area contributed by atoms with Crippen molar-refractivity contribution in [2.45, 2.75) is 53.6 Å². The van der Waals surface area contributed by atoms with Gasteiger partial charge in [-0.25, -0.2) is 4.98 Å². The summed E-state index contributed by atoms with van der Waals surface area (Å²) in [5.74, 6) is 0.522. The van der Waals surface area contributed by atoms with Crippen LogP contribution >= 0.6 is 0 Å². The summed E-state index contributed by atoms with van der Waals surface area (Å²) >= 11 is 0. The number of carbonyl (C=O) groups is 2. The Labute approximate surface area is 196 Å². The van der Waals surface area contributed by atoms with E-state index in [2.05, 4.69) is 32.7 Å². The normalized spacial score (nSPS) is 12.5. The number of carbonyl (C=O) groups excluding carboxylic acids is 2. The minimum atomic E-state index is -0.615. The molecule has 2 amide bonds. The molecule has 0 saturated heterocycles. The van der Waals surface area contributed by atoms with Gasteiger partial charge < -0.3 is 18.8 Å². The van der Waals surface area contributed by atoms with Gasteiger partial charge in [0, 0.05) is 57.3 Å². The average Bonchev–Trinajstić information content (AvgIpc) is 3.37. The summed E-state index contributed by atoms with van der Waals surface area (Å²) < 4.78 is 7.36. The Balaban J connectivity index is 1.97. The molecule has 2 aromatic heterocycles. The summed E-state index contributed by atoms with van der Waals surface area (Å²) in [4.78, 5) is 34.7. The van der Waals surface area contributed by atoms with E-state index in [-0.39, 0.29) is 11.8 Å². The van der Waals surface area contributed by atoms with Gasteiger partial charge in [-0.3, -0.25) is 9.59 Å². The van der Waals surface area contributed by atoms with Crippen LogP contribution in [0, 0.1) is 11.8 Å². The largest absolute Gasteiger partial charge is 0.464 e. The van der Waals surface area contributed by atoms with Gasteiger partial charge in [-0.05, 0) is 35.6 Å². The summed E-state index contributed by atoms with van der Waals surface area (Å²) in [7, 11) is 1.91. The Morgan fingerprint density at radius 2 is 1.79 bits per heavy atom. The maximum absolute atomic E-state index is 13.9. The second-order valence-corrected chi connectivity index (χ2v) is 9.69. The van der Waals surface area contributed by atoms with Gasteiger partial charge in [0.15, 0.2) is 0 Å². The van der Waals surface area contributed by atoms with E-state index >= 15 is 0 Å². The number of hydrogen-bond acceptors (Lipinski definition) is 4. The number of imidazole rings is 1. The number of aryl methyl sites for hydroxylation is 1. The molecule has 0 aliphatic heterocycles. The summed E-state index contributed by atoms with van der Waals surface area (Å²) in [5, 5.41) is 0.978. The van der Waals surface area contributed by atoms with E-state index in [1.165, 1.54) is 6.92 Å². The van der Waals surface area contributed by atoms with Crippen LogP contribution < -0.4 is 0 Å². The van der Waals surface area contributed by atoms with Crippen LogP contribution in [0.15, 0.2) is 47.5 Å². The highest BCUT2D eigenvalue weighted by atomic mass is 16.3. The van der Waals surface area contributed by atoms with E-state index < -0.39 is 6.04 Å². The SMILES string of the molecule is CC(=O)N(Cc1ccc2occc2c1)C(Cc1cncn1C)C(=O)N(CC(C)C)CC(C)C. The number of furan rings is 1. The van der Waals surface area contributed by atoms with E-state index in [1.54, 1.807) is 23.7 Å². The fraction of sp³-hybridized carbons (Fsp3) is 0.500. The molecule has 2 heterocycles. The molecular weight excluding hydrogens is 416 g/mol. The maximum atomic E-state index is 13.9. The van der Waals surface area contributed by atoms with Crippen molar-refractivity contribution in [3.63, 3.8) is 0 Å². The third-order valence-corrected chi connectivity index (χ3v) is 5.74. The van der Waals surface area contributed by atoms with Crippen LogP contribution in [0.4, 0.5) is 0 Å². The molecule has 1 atom stereocenters. The lowest BCUT2D eigenvalue weighted by Gasteiger charge is -2.36. The van der Waals surface area contributed by atoms with Crippen molar-refractivity contribution in [1.29, 1.82) is 0 Å². The number of amides is 2. The molecule has 0 saturated carbocycles. The predicted octanol–water partition coefficient (Wildman–Crippen LogP) is 4.27. The first kappa shape index (κ1) is 24.6. The number of benzene rings is 1. The third kappa shape index (κ3) is 6.24. The van der Waals surface area contributed by atoms with Crippen LogP contribution in [0.3, 0.4) is 0 Å². The van der Waals surface area contributed by atoms with E-state index in [9.17, 15) is 9.59 Å². The molecule has 3 rings (SSSR count). The first-order valence-electron chi connectivity index (χ1n) is 11.6. The van der Waals surface area contributed by atoms with E-state index in [0.29, 0.717) is 37.9 Å². The topological polar surface area (TPSA) is 71.6 Å². The molecule has 0 aliphatic rings. The van der Waals surface area contributed by atoms with E-state index in [1.807, 2.05) is 40.8 Å². The lowest BCUT2D eigenvalue weighted by atomic mass is 10.0. The molecule has 7 heteroatoms. The molecule has 7 nitrogen and oxygen atoms in total. The van der Waals surface area contributed by atoms with Gasteiger partial charge in [-0.15, -0.1) is 0 Å². The highest BCUT2D eigenvalue weighted by Gasteiger charge is 2.33. The highest BCUT2D eigenvalue weighted by molar-refractivity contribution is 5.87. The second kappa shape index (κ2) is 10.7. The van der Waals surface area contributed by atoms with Crippen LogP contribution in [0.5, 0.6) is 0 Å². The van der Waals surface area contributed by atoms with Crippen molar-refractivity contribution in [2.24, 2.45) is 18.9 Å². The summed E-state index contributed by atoms with van der Waals surface area (Å²) in [6.07, 6.45) is 5.56. The molecule has 0 aliphatic carbocycles. The number of nitrogens with zero attached hydrogens (tertiary/aromatic N) is 4. The Morgan fingerprint density at radius 3 is 2.36 bits per heavy atom. The Hall–Kier alpha value is -3.09. The molecule has 0 N–H and O–H groups in total. The quantitative estimate of drug-likeness (QED) is 0.461. The van der Waals surface area contributed by atoms with Crippen molar-refractivity contribution >= 4 is 22.8 Å². The molecular formula is C26H36N4O3. The standard InChI is InChI=1S/C26H36N4O3/c1-18(2)14-29(15-19(3)4)26(32)24(12-23-13-27-17-28(23)6)30(20(5)31)16-21-7-8-25-22(11-21)9-10-33-25/h7-11,13,17-19,24H,12,14-16H2,1-6H3. The minimum absolute atomic E-state index is 0.0156. The smallest absolute Gasteiger partial charge is 0.245 e. The molecule has 1 unspecified atom stereocenters. The average molecular weight is 453 g/mol. The fourth-order valence-corrected chi connectivity index (χ4v) is 4.21. The molecule has 0 spiro atoms. The number of rotatable bonds is 10. The lowest BCUT2D eigenvalue weighted by Crippen LogP contribution is -2.52. The molecule has 0 fully saturated rings. The predicted molar refractivity (Wildman–Crippen MR) is 129 cm³/mol. The first-order valence-corrected chi connectivity index (χ1v) is 11.6. The van der Waals surface area contributed by atoms with Gasteiger partial charge in [-0.2, -0.15) is 0 Å². The minimum Gasteiger partial charge on any atom is -0.464 e. The van der Waals surface area contributed by atoms with Crippen molar-refractivity contribution in [3.8, 4) is 0 Å². The van der Waals surface area contributed by atoms with Crippen LogP contribution in [0.1, 0.15) is 45.9 Å². The first-order chi connectivity index (χ1) is 15.7. The Kier molecular flexibility index (Phi) is 7.95.